The van der Waals surface area contributed by atoms with Gasteiger partial charge in [-0.25, -0.2) is 0 Å². The second-order valence-electron chi connectivity index (χ2n) is 5.68. The Morgan fingerprint density at radius 1 is 0.792 bits per heavy atom. The van der Waals surface area contributed by atoms with Crippen molar-refractivity contribution in [3.05, 3.63) is 0 Å². The van der Waals surface area contributed by atoms with Crippen LogP contribution >= 0.6 is 11.6 Å². The summed E-state index contributed by atoms with van der Waals surface area (Å²) in [7, 11) is 0. The largest absolute Gasteiger partial charge is 0.394 e. The average Bonchev–Trinajstić information content (AvgIpc) is 2.56. The van der Waals surface area contributed by atoms with Gasteiger partial charge in [0.15, 0.2) is 23.7 Å². The van der Waals surface area contributed by atoms with Crippen LogP contribution in [0, 0.1) is 0 Å². The van der Waals surface area contributed by atoms with E-state index in [0.29, 0.717) is 0 Å². The van der Waals surface area contributed by atoms with E-state index in [0.717, 1.165) is 0 Å². The van der Waals surface area contributed by atoms with E-state index < -0.39 is 73.6 Å². The molecule has 2 fully saturated rings. The quantitative estimate of drug-likeness (QED) is 0.220. The molecular formula is C12H21ClO11. The Morgan fingerprint density at radius 2 is 1.33 bits per heavy atom. The minimum atomic E-state index is -2.62. The molecule has 0 amide bonds. The van der Waals surface area contributed by atoms with E-state index in [1.165, 1.54) is 0 Å². The lowest BCUT2D eigenvalue weighted by molar-refractivity contribution is -0.380. The summed E-state index contributed by atoms with van der Waals surface area (Å²) >= 11 is 5.65. The van der Waals surface area contributed by atoms with Gasteiger partial charge in [-0.05, 0) is 0 Å². The zero-order chi connectivity index (χ0) is 18.2. The third-order valence-electron chi connectivity index (χ3n) is 4.05. The lowest BCUT2D eigenvalue weighted by Gasteiger charge is -2.47. The van der Waals surface area contributed by atoms with Crippen LogP contribution < -0.4 is 0 Å². The smallest absolute Gasteiger partial charge is 0.198 e. The number of rotatable bonds is 4. The van der Waals surface area contributed by atoms with Crippen molar-refractivity contribution in [2.24, 2.45) is 0 Å². The van der Waals surface area contributed by atoms with E-state index in [1.807, 2.05) is 0 Å². The molecule has 0 aliphatic carbocycles. The fourth-order valence-electron chi connectivity index (χ4n) is 2.51. The predicted molar refractivity (Wildman–Crippen MR) is 73.4 cm³/mol. The molecule has 12 heteroatoms. The normalized spacial score (nSPS) is 53.1. The van der Waals surface area contributed by atoms with Crippen LogP contribution in [0.1, 0.15) is 0 Å². The molecule has 24 heavy (non-hydrogen) atoms. The molecule has 2 rings (SSSR count). The van der Waals surface area contributed by atoms with Gasteiger partial charge in [-0.3, -0.25) is 0 Å². The molecule has 0 aromatic carbocycles. The van der Waals surface area contributed by atoms with Gasteiger partial charge in [-0.15, -0.1) is 0 Å². The Kier molecular flexibility index (Phi) is 6.40. The Labute approximate surface area is 141 Å². The minimum Gasteiger partial charge on any atom is -0.394 e. The molecule has 0 radical (unpaired) electrons. The summed E-state index contributed by atoms with van der Waals surface area (Å²) in [6.07, 6.45) is -15.1. The van der Waals surface area contributed by atoms with Gasteiger partial charge in [-0.2, -0.15) is 0 Å². The van der Waals surface area contributed by atoms with Crippen LogP contribution in [0.25, 0.3) is 0 Å². The number of halogens is 1. The molecule has 2 aliphatic heterocycles. The molecule has 2 aliphatic rings. The number of ether oxygens (including phenoxy) is 3. The summed E-state index contributed by atoms with van der Waals surface area (Å²) in [4.78, 5) is 0. The first kappa shape index (κ1) is 20.2. The molecular weight excluding hydrogens is 356 g/mol. The summed E-state index contributed by atoms with van der Waals surface area (Å²) in [6.45, 7) is -1.46. The van der Waals surface area contributed by atoms with Crippen LogP contribution in [0.15, 0.2) is 0 Å². The van der Waals surface area contributed by atoms with Gasteiger partial charge < -0.3 is 55.1 Å². The molecule has 2 saturated heterocycles. The van der Waals surface area contributed by atoms with Crippen molar-refractivity contribution in [3.8, 4) is 0 Å². The summed E-state index contributed by atoms with van der Waals surface area (Å²) in [5.74, 6) is 0. The van der Waals surface area contributed by atoms with E-state index in [2.05, 4.69) is 0 Å². The molecule has 142 valence electrons. The first-order valence-electron chi connectivity index (χ1n) is 7.14. The maximum absolute atomic E-state index is 9.97. The highest BCUT2D eigenvalue weighted by Gasteiger charge is 2.56. The lowest BCUT2D eigenvalue weighted by atomic mass is 9.97. The highest BCUT2D eigenvalue weighted by Crippen LogP contribution is 2.35. The van der Waals surface area contributed by atoms with E-state index in [-0.39, 0.29) is 0 Å². The van der Waals surface area contributed by atoms with E-state index >= 15 is 0 Å². The monoisotopic (exact) mass is 376 g/mol. The molecule has 0 saturated carbocycles. The maximum atomic E-state index is 9.97. The van der Waals surface area contributed by atoms with Gasteiger partial charge in [0.2, 0.25) is 0 Å². The number of hydrogen-bond donors (Lipinski definition) is 8. The summed E-state index contributed by atoms with van der Waals surface area (Å²) in [5, 5.41) is 74.5. The van der Waals surface area contributed by atoms with Crippen LogP contribution in [-0.2, 0) is 14.2 Å². The van der Waals surface area contributed by atoms with Crippen LogP contribution in [-0.4, -0.2) is 114 Å². The van der Waals surface area contributed by atoms with Crippen molar-refractivity contribution >= 4 is 11.6 Å². The van der Waals surface area contributed by atoms with Crippen molar-refractivity contribution in [3.63, 3.8) is 0 Å². The number of alkyl halides is 1. The zero-order valence-electron chi connectivity index (χ0n) is 12.3. The Morgan fingerprint density at radius 3 is 1.88 bits per heavy atom. The van der Waals surface area contributed by atoms with Crippen LogP contribution in [0.3, 0.4) is 0 Å². The fraction of sp³-hybridized carbons (Fsp3) is 1.00. The van der Waals surface area contributed by atoms with Crippen molar-refractivity contribution < 1.29 is 55.1 Å². The Bertz CT molecular complexity index is 422. The summed E-state index contributed by atoms with van der Waals surface area (Å²) in [6, 6.07) is 0. The highest BCUT2D eigenvalue weighted by molar-refractivity contribution is 6.23. The first-order chi connectivity index (χ1) is 11.1. The van der Waals surface area contributed by atoms with Crippen molar-refractivity contribution in [1.82, 2.24) is 0 Å². The second kappa shape index (κ2) is 7.61. The Balaban J connectivity index is 2.13. The second-order valence-corrected chi connectivity index (χ2v) is 6.28. The lowest BCUT2D eigenvalue weighted by Crippen LogP contribution is -2.67. The minimum absolute atomic E-state index is 0.698. The number of aliphatic hydroxyl groups is 8. The zero-order valence-corrected chi connectivity index (χ0v) is 13.0. The van der Waals surface area contributed by atoms with Crippen LogP contribution in [0.4, 0.5) is 0 Å². The van der Waals surface area contributed by atoms with Crippen molar-refractivity contribution in [2.75, 3.05) is 13.2 Å². The number of aliphatic hydroxyl groups excluding tert-OH is 7. The van der Waals surface area contributed by atoms with E-state index in [1.54, 1.807) is 0 Å². The molecule has 0 bridgehead atoms. The predicted octanol–water partition coefficient (Wildman–Crippen LogP) is -4.83. The Hall–Kier alpha value is -0.150. The maximum Gasteiger partial charge on any atom is 0.198 e. The first-order valence-corrected chi connectivity index (χ1v) is 7.52. The van der Waals surface area contributed by atoms with Crippen molar-refractivity contribution in [2.45, 2.75) is 60.4 Å². The number of hydrogen-bond acceptors (Lipinski definition) is 11. The summed E-state index contributed by atoms with van der Waals surface area (Å²) in [5.41, 5.74) is 0. The molecule has 0 unspecified atom stereocenters. The van der Waals surface area contributed by atoms with E-state index in [4.69, 9.17) is 36.0 Å². The standard InChI is InChI=1S/C12H21ClO11/c13-12(21)8(19)4(2-15)23-11(9(12)20)24-10-7(18)6(17)5(16)3(1-14)22-10/h3-11,14-21H,1-2H2/t3-,4-,5-,6+,7-,8-,9+,10-,11-,12+/m1/s1. The highest BCUT2D eigenvalue weighted by atomic mass is 35.5. The third-order valence-corrected chi connectivity index (χ3v) is 4.49. The third kappa shape index (κ3) is 3.53. The van der Waals surface area contributed by atoms with Gasteiger partial charge in [0.05, 0.1) is 13.2 Å². The molecule has 0 aromatic heterocycles. The van der Waals surface area contributed by atoms with Crippen LogP contribution in [0.2, 0.25) is 0 Å². The topological polar surface area (TPSA) is 190 Å². The molecule has 11 nitrogen and oxygen atoms in total. The van der Waals surface area contributed by atoms with Gasteiger partial charge >= 0.3 is 0 Å². The van der Waals surface area contributed by atoms with Crippen molar-refractivity contribution in [1.29, 1.82) is 0 Å². The fourth-order valence-corrected chi connectivity index (χ4v) is 2.75. The SMILES string of the molecule is OC[C@H]1O[C@H](O[C@H]2O[C@H](CO)[C@@H](O)[C@@](O)(Cl)[C@H]2O)[C@H](O)[C@@H](O)[C@@H]1O. The van der Waals surface area contributed by atoms with Crippen LogP contribution in [0.5, 0.6) is 0 Å². The average molecular weight is 377 g/mol. The molecule has 0 spiro atoms. The van der Waals surface area contributed by atoms with Gasteiger partial charge in [0.1, 0.15) is 36.6 Å². The van der Waals surface area contributed by atoms with E-state index in [9.17, 15) is 30.6 Å². The van der Waals surface area contributed by atoms with Gasteiger partial charge in [0.25, 0.3) is 0 Å². The van der Waals surface area contributed by atoms with Gasteiger partial charge in [0, 0.05) is 0 Å². The molecule has 0 aromatic rings. The molecule has 8 N–H and O–H groups in total. The molecule has 10 atom stereocenters. The summed E-state index contributed by atoms with van der Waals surface area (Å²) < 4.78 is 15.3. The van der Waals surface area contributed by atoms with Gasteiger partial charge in [-0.1, -0.05) is 11.6 Å². The molecule has 2 heterocycles.